The molecular formula is C15H5F17N2O2. The molecular weight excluding hydrogens is 563 g/mol. The molecule has 0 spiro atoms. The van der Waals surface area contributed by atoms with Crippen molar-refractivity contribution in [2.24, 2.45) is 0 Å². The molecule has 0 fully saturated rings. The van der Waals surface area contributed by atoms with E-state index in [2.05, 4.69) is 9.72 Å². The van der Waals surface area contributed by atoms with Gasteiger partial charge in [-0.25, -0.2) is 4.98 Å². The van der Waals surface area contributed by atoms with Gasteiger partial charge in [0.25, 0.3) is 0 Å². The molecule has 1 N–H and O–H groups in total. The fourth-order valence-electron chi connectivity index (χ4n) is 2.28. The highest BCUT2D eigenvalue weighted by Gasteiger charge is 2.85. The van der Waals surface area contributed by atoms with Crippen molar-refractivity contribution >= 4 is 11.0 Å². The van der Waals surface area contributed by atoms with E-state index >= 15 is 0 Å². The number of benzene rings is 1. The Kier molecular flexibility index (Phi) is 6.77. The molecule has 0 radical (unpaired) electrons. The van der Waals surface area contributed by atoms with E-state index in [-0.39, 0.29) is 0 Å². The van der Waals surface area contributed by atoms with Crippen molar-refractivity contribution in [1.82, 2.24) is 9.97 Å². The van der Waals surface area contributed by atoms with Gasteiger partial charge < -0.3 is 4.98 Å². The lowest BCUT2D eigenvalue weighted by atomic mass is 10.2. The molecule has 2 rings (SSSR count). The Labute approximate surface area is 185 Å². The van der Waals surface area contributed by atoms with Crippen LogP contribution in [0.15, 0.2) is 24.3 Å². The summed E-state index contributed by atoms with van der Waals surface area (Å²) in [6, 6.07) is 3.63. The molecule has 1 heterocycles. The molecule has 21 heteroatoms. The second kappa shape index (κ2) is 8.21. The normalized spacial score (nSPS) is 18.2. The zero-order valence-corrected chi connectivity index (χ0v) is 16.0. The fourth-order valence-corrected chi connectivity index (χ4v) is 2.28. The van der Waals surface area contributed by atoms with Crippen LogP contribution in [0.25, 0.3) is 11.0 Å². The molecule has 0 aliphatic carbocycles. The maximum Gasteiger partial charge on any atom is 0.462 e. The van der Waals surface area contributed by atoms with Crippen LogP contribution in [0.5, 0.6) is 0 Å². The molecule has 0 bridgehead atoms. The lowest BCUT2D eigenvalue weighted by Crippen LogP contribution is -2.67. The lowest BCUT2D eigenvalue weighted by molar-refractivity contribution is -0.554. The first kappa shape index (κ1) is 29.6. The molecule has 0 aliphatic heterocycles. The van der Waals surface area contributed by atoms with Crippen LogP contribution in [-0.2, 0) is 15.3 Å². The van der Waals surface area contributed by atoms with E-state index in [1.807, 2.05) is 0 Å². The average Bonchev–Trinajstić information content (AvgIpc) is 3.09. The van der Waals surface area contributed by atoms with Crippen LogP contribution in [0.2, 0.25) is 0 Å². The number of fused-ring (bicyclic) bond motifs is 1. The first-order valence-corrected chi connectivity index (χ1v) is 8.30. The topological polar surface area (TPSA) is 47.1 Å². The predicted molar refractivity (Wildman–Crippen MR) is 77.9 cm³/mol. The number of aromatic nitrogens is 2. The van der Waals surface area contributed by atoms with E-state index in [9.17, 15) is 74.6 Å². The molecule has 36 heavy (non-hydrogen) atoms. The number of rotatable bonds is 7. The molecule has 2 aromatic rings. The van der Waals surface area contributed by atoms with Gasteiger partial charge in [0.05, 0.1) is 11.0 Å². The highest BCUT2D eigenvalue weighted by Crippen LogP contribution is 2.57. The molecule has 0 aliphatic rings. The number of hydrogen-bond acceptors (Lipinski definition) is 3. The van der Waals surface area contributed by atoms with Crippen LogP contribution in [0, 0.1) is 0 Å². The largest absolute Gasteiger partial charge is 0.462 e. The van der Waals surface area contributed by atoms with E-state index < -0.39 is 65.2 Å². The van der Waals surface area contributed by atoms with E-state index in [0.717, 1.165) is 24.3 Å². The number of hydrogen-bond donors (Lipinski definition) is 1. The minimum atomic E-state index is -7.94. The van der Waals surface area contributed by atoms with Crippen molar-refractivity contribution in [3.63, 3.8) is 0 Å². The highest BCUT2D eigenvalue weighted by atomic mass is 19.4. The second-order valence-electron chi connectivity index (χ2n) is 6.60. The summed E-state index contributed by atoms with van der Waals surface area (Å²) in [5.74, 6) is -24.6. The van der Waals surface area contributed by atoms with Crippen LogP contribution >= 0.6 is 0 Å². The number of para-hydroxylation sites is 2. The third-order valence-electron chi connectivity index (χ3n) is 4.06. The van der Waals surface area contributed by atoms with E-state index in [1.165, 1.54) is 9.72 Å². The Bertz CT molecular complexity index is 1060. The summed E-state index contributed by atoms with van der Waals surface area (Å²) in [6.45, 7) is 0. The lowest BCUT2D eigenvalue weighted by Gasteiger charge is -2.40. The minimum Gasteiger partial charge on any atom is -0.337 e. The van der Waals surface area contributed by atoms with Crippen molar-refractivity contribution in [3.05, 3.63) is 30.1 Å². The summed E-state index contributed by atoms with van der Waals surface area (Å²) in [5, 5.41) is 0. The molecule has 0 saturated heterocycles. The Morgan fingerprint density at radius 1 is 0.583 bits per heavy atom. The van der Waals surface area contributed by atoms with E-state index in [4.69, 9.17) is 0 Å². The van der Waals surface area contributed by atoms with E-state index in [0.29, 0.717) is 0 Å². The second-order valence-corrected chi connectivity index (χ2v) is 6.60. The quantitative estimate of drug-likeness (QED) is 0.371. The summed E-state index contributed by atoms with van der Waals surface area (Å²) in [4.78, 5) is 4.08. The Morgan fingerprint density at radius 3 is 1.50 bits per heavy atom. The average molecular weight is 568 g/mol. The van der Waals surface area contributed by atoms with Gasteiger partial charge in [0, 0.05) is 0 Å². The van der Waals surface area contributed by atoms with Gasteiger partial charge in [-0.15, -0.1) is 0 Å². The summed E-state index contributed by atoms with van der Waals surface area (Å²) in [5.41, 5.74) is -1.32. The third-order valence-corrected chi connectivity index (χ3v) is 4.06. The van der Waals surface area contributed by atoms with Gasteiger partial charge in [-0.05, 0) is 12.1 Å². The van der Waals surface area contributed by atoms with Gasteiger partial charge in [-0.1, -0.05) is 12.1 Å². The number of H-pyrrole nitrogens is 1. The Morgan fingerprint density at radius 2 is 1.08 bits per heavy atom. The van der Waals surface area contributed by atoms with Crippen molar-refractivity contribution in [2.45, 2.75) is 48.4 Å². The Hall–Kier alpha value is -2.58. The van der Waals surface area contributed by atoms with Crippen molar-refractivity contribution in [2.75, 3.05) is 0 Å². The minimum absolute atomic E-state index is 0.624. The molecule has 1 aromatic carbocycles. The van der Waals surface area contributed by atoms with Crippen LogP contribution in [0.3, 0.4) is 0 Å². The number of nitrogens with one attached hydrogen (secondary N) is 1. The van der Waals surface area contributed by atoms with Gasteiger partial charge in [-0.3, -0.25) is 9.47 Å². The number of imidazole rings is 1. The molecule has 0 unspecified atom stereocenters. The van der Waals surface area contributed by atoms with Crippen LogP contribution in [-0.4, -0.2) is 52.5 Å². The number of ether oxygens (including phenoxy) is 2. The zero-order chi connectivity index (χ0) is 28.4. The summed E-state index contributed by atoms with van der Waals surface area (Å²) < 4.78 is 228. The van der Waals surface area contributed by atoms with Crippen molar-refractivity contribution in [1.29, 1.82) is 0 Å². The first-order valence-electron chi connectivity index (χ1n) is 8.30. The van der Waals surface area contributed by atoms with Crippen molar-refractivity contribution in [3.8, 4) is 0 Å². The van der Waals surface area contributed by atoms with Crippen LogP contribution in [0.1, 0.15) is 5.82 Å². The van der Waals surface area contributed by atoms with Crippen LogP contribution in [0.4, 0.5) is 74.6 Å². The number of nitrogens with zero attached hydrogens (tertiary/aromatic N) is 1. The summed E-state index contributed by atoms with van der Waals surface area (Å²) >= 11 is 0. The summed E-state index contributed by atoms with van der Waals surface area (Å²) in [7, 11) is 0. The fraction of sp³-hybridized carbons (Fsp3) is 0.533. The predicted octanol–water partition coefficient (Wildman–Crippen LogP) is 6.89. The number of halogens is 17. The monoisotopic (exact) mass is 568 g/mol. The standard InChI is InChI=1S/C15H5F17N2O2/c16-8(11(20,21)22,7-33-5-3-1-2-4-6(5)34-7)35-15(31,32)10(19,13(26,27)28)36-14(29,30)9(17,18)12(23,24)25/h1-4H,(H,33,34)/t8-,10-/m0/s1. The van der Waals surface area contributed by atoms with Crippen molar-refractivity contribution < 1.29 is 84.1 Å². The molecule has 2 atom stereocenters. The maximum absolute atomic E-state index is 14.7. The van der Waals surface area contributed by atoms with Gasteiger partial charge in [-0.2, -0.15) is 74.6 Å². The molecule has 4 nitrogen and oxygen atoms in total. The third kappa shape index (κ3) is 4.61. The molecule has 0 saturated carbocycles. The van der Waals surface area contributed by atoms with Crippen LogP contribution < -0.4 is 0 Å². The van der Waals surface area contributed by atoms with Gasteiger partial charge in [0.2, 0.25) is 0 Å². The zero-order valence-electron chi connectivity index (χ0n) is 16.0. The number of alkyl halides is 17. The molecule has 1 aromatic heterocycles. The highest BCUT2D eigenvalue weighted by molar-refractivity contribution is 5.74. The van der Waals surface area contributed by atoms with Gasteiger partial charge in [0.15, 0.2) is 5.82 Å². The van der Waals surface area contributed by atoms with Gasteiger partial charge >= 0.3 is 48.4 Å². The van der Waals surface area contributed by atoms with Gasteiger partial charge in [0.1, 0.15) is 0 Å². The maximum atomic E-state index is 14.7. The molecule has 0 amide bonds. The van der Waals surface area contributed by atoms with E-state index in [1.54, 1.807) is 0 Å². The smallest absolute Gasteiger partial charge is 0.337 e. The summed E-state index contributed by atoms with van der Waals surface area (Å²) in [6.07, 6.45) is -37.9. The Balaban J connectivity index is 2.68. The number of aromatic amines is 1. The SMILES string of the molecule is FC(F)(F)C(F)(F)C(F)(F)O[C@@](F)(C(F)(F)F)C(F)(F)O[C@@](F)(c1nc2ccccc2[nH]1)C(F)(F)F. The first-order chi connectivity index (χ1) is 15.7. The molecule has 206 valence electrons.